The number of piperidine rings is 3. The van der Waals surface area contributed by atoms with E-state index in [9.17, 15) is 9.59 Å². The lowest BCUT2D eigenvalue weighted by molar-refractivity contribution is 0.0105. The van der Waals surface area contributed by atoms with Gasteiger partial charge in [0.05, 0.1) is 18.7 Å². The second-order valence-electron chi connectivity index (χ2n) is 12.0. The molecule has 1 aromatic heterocycles. The largest absolute Gasteiger partial charge is 0.497 e. The van der Waals surface area contributed by atoms with Crippen LogP contribution in [0.1, 0.15) is 43.0 Å². The Balaban J connectivity index is 1.28. The van der Waals surface area contributed by atoms with Crippen molar-refractivity contribution >= 4 is 33.1 Å². The van der Waals surface area contributed by atoms with Crippen LogP contribution in [0.15, 0.2) is 95.2 Å². The van der Waals surface area contributed by atoms with Gasteiger partial charge < -0.3 is 15.4 Å². The number of anilines is 2. The number of nitrogens with one attached hydrogen (secondary N) is 2. The van der Waals surface area contributed by atoms with Crippen molar-refractivity contribution in [3.63, 3.8) is 0 Å². The Kier molecular flexibility index (Phi) is 6.98. The molecular formula is C36H36N4O3. The van der Waals surface area contributed by atoms with Crippen molar-refractivity contribution in [1.29, 1.82) is 0 Å². The fourth-order valence-corrected chi connectivity index (χ4v) is 7.39. The second kappa shape index (κ2) is 11.0. The summed E-state index contributed by atoms with van der Waals surface area (Å²) in [5, 5.41) is 10.3. The van der Waals surface area contributed by atoms with Crippen molar-refractivity contribution in [2.24, 2.45) is 11.8 Å². The Hall–Kier alpha value is -4.49. The molecule has 0 radical (unpaired) electrons. The molecule has 0 aliphatic carbocycles. The average Bonchev–Trinajstić information content (AvgIpc) is 3.07. The van der Waals surface area contributed by atoms with E-state index in [4.69, 9.17) is 4.74 Å². The summed E-state index contributed by atoms with van der Waals surface area (Å²) in [5.74, 6) is 1.75. The fourth-order valence-electron chi connectivity index (χ4n) is 7.39. The van der Waals surface area contributed by atoms with E-state index in [-0.39, 0.29) is 18.1 Å². The molecule has 3 aliphatic rings. The number of pyridine rings is 1. The zero-order chi connectivity index (χ0) is 29.7. The highest BCUT2D eigenvalue weighted by Gasteiger charge is 2.43. The van der Waals surface area contributed by atoms with Gasteiger partial charge in [-0.1, -0.05) is 48.5 Å². The molecule has 2 bridgehead atoms. The van der Waals surface area contributed by atoms with Gasteiger partial charge in [0.25, 0.3) is 10.9 Å². The molecule has 1 unspecified atom stereocenters. The Bertz CT molecular complexity index is 1900. The van der Waals surface area contributed by atoms with E-state index >= 15 is 0 Å². The third-order valence-corrected chi connectivity index (χ3v) is 9.72. The third-order valence-electron chi connectivity index (χ3n) is 9.72. The molecule has 3 fully saturated rings. The maximum absolute atomic E-state index is 13.2. The Labute approximate surface area is 250 Å². The summed E-state index contributed by atoms with van der Waals surface area (Å²) >= 11 is 0. The normalized spacial score (nSPS) is 22.8. The number of hydrogen-bond acceptors (Lipinski definition) is 7. The molecule has 6 atom stereocenters. The van der Waals surface area contributed by atoms with Crippen LogP contribution in [-0.4, -0.2) is 36.1 Å². The summed E-state index contributed by atoms with van der Waals surface area (Å²) in [6, 6.07) is 22.0. The summed E-state index contributed by atoms with van der Waals surface area (Å²) in [5.41, 5.74) is 2.73. The monoisotopic (exact) mass is 572 g/mol. The van der Waals surface area contributed by atoms with E-state index in [1.54, 1.807) is 7.11 Å². The smallest absolute Gasteiger partial charge is 0.253 e. The number of ether oxygens (including phenoxy) is 1. The van der Waals surface area contributed by atoms with E-state index in [2.05, 4.69) is 57.4 Å². The molecule has 0 spiro atoms. The molecule has 4 aromatic carbocycles. The van der Waals surface area contributed by atoms with Crippen molar-refractivity contribution in [2.75, 3.05) is 30.8 Å². The molecule has 43 heavy (non-hydrogen) atoms. The van der Waals surface area contributed by atoms with Crippen LogP contribution in [0.2, 0.25) is 0 Å². The summed E-state index contributed by atoms with van der Waals surface area (Å²) in [6.07, 6.45) is 6.04. The van der Waals surface area contributed by atoms with Gasteiger partial charge in [-0.05, 0) is 84.3 Å². The van der Waals surface area contributed by atoms with E-state index in [1.165, 1.54) is 0 Å². The van der Waals surface area contributed by atoms with Gasteiger partial charge in [-0.2, -0.15) is 0 Å². The van der Waals surface area contributed by atoms with Crippen molar-refractivity contribution in [1.82, 2.24) is 9.88 Å². The summed E-state index contributed by atoms with van der Waals surface area (Å²) in [7, 11) is 1.66. The topological polar surface area (TPSA) is 83.6 Å². The van der Waals surface area contributed by atoms with Crippen molar-refractivity contribution in [2.45, 2.75) is 37.9 Å². The molecule has 0 saturated carbocycles. The number of methoxy groups -OCH3 is 1. The van der Waals surface area contributed by atoms with Crippen LogP contribution in [0.25, 0.3) is 21.7 Å². The van der Waals surface area contributed by atoms with Crippen LogP contribution < -0.4 is 26.2 Å². The quantitative estimate of drug-likeness (QED) is 0.160. The Morgan fingerprint density at radius 3 is 2.53 bits per heavy atom. The second-order valence-corrected chi connectivity index (χ2v) is 12.0. The van der Waals surface area contributed by atoms with Crippen LogP contribution in [-0.2, 0) is 0 Å². The van der Waals surface area contributed by atoms with Crippen molar-refractivity contribution < 1.29 is 4.74 Å². The van der Waals surface area contributed by atoms with Crippen LogP contribution in [0.4, 0.5) is 11.4 Å². The lowest BCUT2D eigenvalue weighted by Gasteiger charge is -2.52. The molecule has 4 heterocycles. The van der Waals surface area contributed by atoms with Crippen LogP contribution in [0, 0.1) is 11.8 Å². The third kappa shape index (κ3) is 4.68. The van der Waals surface area contributed by atoms with Gasteiger partial charge in [-0.25, -0.2) is 0 Å². The number of fused-ring (bicyclic) bond motifs is 5. The number of aromatic nitrogens is 1. The predicted octanol–water partition coefficient (Wildman–Crippen LogP) is 6.22. The van der Waals surface area contributed by atoms with Gasteiger partial charge in [0, 0.05) is 30.2 Å². The van der Waals surface area contributed by atoms with Crippen LogP contribution in [0.5, 0.6) is 5.75 Å². The lowest BCUT2D eigenvalue weighted by atomic mass is 9.73. The zero-order valence-electron chi connectivity index (χ0n) is 24.5. The van der Waals surface area contributed by atoms with Crippen LogP contribution in [0.3, 0.4) is 0 Å². The summed E-state index contributed by atoms with van der Waals surface area (Å²) in [4.78, 5) is 33.4. The highest BCUT2D eigenvalue weighted by molar-refractivity contribution is 5.87. The Morgan fingerprint density at radius 1 is 0.977 bits per heavy atom. The summed E-state index contributed by atoms with van der Waals surface area (Å²) in [6.45, 7) is 8.07. The molecule has 7 nitrogen and oxygen atoms in total. The van der Waals surface area contributed by atoms with Crippen molar-refractivity contribution in [3.8, 4) is 5.75 Å². The van der Waals surface area contributed by atoms with Gasteiger partial charge in [-0.3, -0.25) is 19.5 Å². The molecular weight excluding hydrogens is 536 g/mol. The van der Waals surface area contributed by atoms with Gasteiger partial charge >= 0.3 is 0 Å². The minimum absolute atomic E-state index is 0.138. The van der Waals surface area contributed by atoms with Gasteiger partial charge in [-0.15, -0.1) is 6.58 Å². The highest BCUT2D eigenvalue weighted by Crippen LogP contribution is 2.44. The first kappa shape index (κ1) is 27.3. The highest BCUT2D eigenvalue weighted by atomic mass is 16.5. The average molecular weight is 573 g/mol. The van der Waals surface area contributed by atoms with Crippen molar-refractivity contribution in [3.05, 3.63) is 117 Å². The molecule has 0 amide bonds. The number of nitrogens with zero attached hydrogens (tertiary/aromatic N) is 2. The first-order chi connectivity index (χ1) is 21.0. The molecule has 7 heteroatoms. The van der Waals surface area contributed by atoms with E-state index < -0.39 is 10.9 Å². The first-order valence-corrected chi connectivity index (χ1v) is 15.1. The molecule has 5 aromatic rings. The SMILES string of the molecule is C=C[C@H]1CN2CC[C@H]1C[C@@H]2[C@@H](Nc1c(N[C@H](C)c2cccc3ccccc23)c(=O)c1=O)c1ccnc2ccc(OC)cc12. The van der Waals surface area contributed by atoms with E-state index in [0.29, 0.717) is 23.2 Å². The Morgan fingerprint density at radius 2 is 1.77 bits per heavy atom. The first-order valence-electron chi connectivity index (χ1n) is 15.1. The maximum Gasteiger partial charge on any atom is 0.253 e. The van der Waals surface area contributed by atoms with E-state index in [0.717, 1.165) is 64.5 Å². The number of hydrogen-bond donors (Lipinski definition) is 2. The number of benzene rings is 3. The fraction of sp³-hybridized carbons (Fsp3) is 0.306. The molecule has 2 N–H and O–H groups in total. The zero-order valence-corrected chi connectivity index (χ0v) is 24.5. The van der Waals surface area contributed by atoms with Gasteiger partial charge in [0.1, 0.15) is 17.1 Å². The predicted molar refractivity (Wildman–Crippen MR) is 174 cm³/mol. The van der Waals surface area contributed by atoms with Crippen LogP contribution >= 0.6 is 0 Å². The summed E-state index contributed by atoms with van der Waals surface area (Å²) < 4.78 is 5.57. The number of rotatable bonds is 9. The standard InChI is InChI=1S/C36H36N4O3/c1-4-22-20-40-17-15-24(22)18-31(40)32(28-14-16-37-30-13-12-25(43-3)19-29(28)30)39-34-33(35(41)36(34)42)38-21(2)26-11-7-9-23-8-5-6-10-27(23)26/h4-14,16,19,21-22,24,31-32,38-39H,1,15,17-18,20H2,2-3H3/t21-,22+,24+,31-,32+/m1/s1. The lowest BCUT2D eigenvalue weighted by Crippen LogP contribution is -2.56. The molecule has 218 valence electrons. The maximum atomic E-state index is 13.2. The molecule has 8 rings (SSSR count). The van der Waals surface area contributed by atoms with Gasteiger partial charge in [0.15, 0.2) is 0 Å². The minimum Gasteiger partial charge on any atom is -0.497 e. The minimum atomic E-state index is -0.480. The molecule has 3 saturated heterocycles. The van der Waals surface area contributed by atoms with E-state index in [1.807, 2.05) is 55.6 Å². The molecule has 3 aliphatic heterocycles. The van der Waals surface area contributed by atoms with Gasteiger partial charge in [0.2, 0.25) is 0 Å².